The van der Waals surface area contributed by atoms with Crippen LogP contribution in [0.15, 0.2) is 18.2 Å². The fourth-order valence-corrected chi connectivity index (χ4v) is 1.67. The van der Waals surface area contributed by atoms with E-state index < -0.39 is 0 Å². The third kappa shape index (κ3) is 4.65. The molecule has 0 unspecified atom stereocenters. The van der Waals surface area contributed by atoms with Crippen LogP contribution in [0.25, 0.3) is 0 Å². The van der Waals surface area contributed by atoms with E-state index in [9.17, 15) is 0 Å². The number of unbranched alkanes of at least 4 members (excludes halogenated alkanes) is 1. The van der Waals surface area contributed by atoms with Crippen molar-refractivity contribution in [3.05, 3.63) is 23.8 Å². The van der Waals surface area contributed by atoms with Crippen LogP contribution in [-0.2, 0) is 6.42 Å². The third-order valence-corrected chi connectivity index (χ3v) is 2.61. The van der Waals surface area contributed by atoms with Crippen LogP contribution in [0.5, 0.6) is 11.5 Å². The van der Waals surface area contributed by atoms with Crippen LogP contribution in [0.4, 0.5) is 0 Å². The Morgan fingerprint density at radius 2 is 2.00 bits per heavy atom. The molecule has 2 N–H and O–H groups in total. The lowest BCUT2D eigenvalue weighted by molar-refractivity contribution is 0.294. The second-order valence-corrected chi connectivity index (χ2v) is 4.08. The SMILES string of the molecule is CCCOc1ccc(CCCCN)cc1OC. The van der Waals surface area contributed by atoms with E-state index >= 15 is 0 Å². The molecule has 1 rings (SSSR count). The van der Waals surface area contributed by atoms with Gasteiger partial charge in [0.15, 0.2) is 11.5 Å². The molecular weight excluding hydrogens is 214 g/mol. The molecule has 1 aromatic carbocycles. The van der Waals surface area contributed by atoms with E-state index in [0.29, 0.717) is 0 Å². The van der Waals surface area contributed by atoms with Crippen LogP contribution < -0.4 is 15.2 Å². The van der Waals surface area contributed by atoms with Gasteiger partial charge >= 0.3 is 0 Å². The monoisotopic (exact) mass is 237 g/mol. The van der Waals surface area contributed by atoms with E-state index in [4.69, 9.17) is 15.2 Å². The van der Waals surface area contributed by atoms with Gasteiger partial charge in [-0.3, -0.25) is 0 Å². The molecule has 3 heteroatoms. The van der Waals surface area contributed by atoms with Crippen molar-refractivity contribution in [2.24, 2.45) is 5.73 Å². The summed E-state index contributed by atoms with van der Waals surface area (Å²) in [5.41, 5.74) is 6.76. The lowest BCUT2D eigenvalue weighted by Crippen LogP contribution is -2.00. The summed E-state index contributed by atoms with van der Waals surface area (Å²) >= 11 is 0. The van der Waals surface area contributed by atoms with Crippen LogP contribution in [0.3, 0.4) is 0 Å². The maximum Gasteiger partial charge on any atom is 0.161 e. The van der Waals surface area contributed by atoms with Gasteiger partial charge in [-0.25, -0.2) is 0 Å². The highest BCUT2D eigenvalue weighted by Crippen LogP contribution is 2.28. The zero-order valence-electron chi connectivity index (χ0n) is 10.9. The van der Waals surface area contributed by atoms with Gasteiger partial charge in [-0.15, -0.1) is 0 Å². The normalized spacial score (nSPS) is 10.3. The summed E-state index contributed by atoms with van der Waals surface area (Å²) < 4.78 is 11.0. The predicted molar refractivity (Wildman–Crippen MR) is 70.8 cm³/mol. The molecule has 0 spiro atoms. The number of benzene rings is 1. The molecule has 0 radical (unpaired) electrons. The van der Waals surface area contributed by atoms with Crippen molar-refractivity contribution in [3.63, 3.8) is 0 Å². The van der Waals surface area contributed by atoms with Gasteiger partial charge in [0.25, 0.3) is 0 Å². The van der Waals surface area contributed by atoms with Crippen LogP contribution >= 0.6 is 0 Å². The summed E-state index contributed by atoms with van der Waals surface area (Å²) in [7, 11) is 1.68. The molecular formula is C14H23NO2. The molecule has 0 amide bonds. The first-order valence-corrected chi connectivity index (χ1v) is 6.31. The van der Waals surface area contributed by atoms with Crippen molar-refractivity contribution in [1.82, 2.24) is 0 Å². The number of nitrogens with two attached hydrogens (primary N) is 1. The fourth-order valence-electron chi connectivity index (χ4n) is 1.67. The minimum absolute atomic E-state index is 0.725. The van der Waals surface area contributed by atoms with Gasteiger partial charge in [-0.1, -0.05) is 13.0 Å². The van der Waals surface area contributed by atoms with Gasteiger partial charge in [0.2, 0.25) is 0 Å². The molecule has 17 heavy (non-hydrogen) atoms. The van der Waals surface area contributed by atoms with E-state index in [2.05, 4.69) is 19.1 Å². The highest BCUT2D eigenvalue weighted by Gasteiger charge is 2.05. The summed E-state index contributed by atoms with van der Waals surface area (Å²) in [5, 5.41) is 0. The molecule has 0 fully saturated rings. The van der Waals surface area contributed by atoms with E-state index in [1.807, 2.05) is 6.07 Å². The minimum atomic E-state index is 0.725. The average Bonchev–Trinajstić information content (AvgIpc) is 2.37. The predicted octanol–water partition coefficient (Wildman–Crippen LogP) is 2.77. The lowest BCUT2D eigenvalue weighted by atomic mass is 10.1. The molecule has 0 aliphatic carbocycles. The Morgan fingerprint density at radius 3 is 2.65 bits per heavy atom. The van der Waals surface area contributed by atoms with Crippen molar-refractivity contribution in [2.45, 2.75) is 32.6 Å². The Balaban J connectivity index is 2.63. The Morgan fingerprint density at radius 1 is 1.18 bits per heavy atom. The number of hydrogen-bond donors (Lipinski definition) is 1. The van der Waals surface area contributed by atoms with E-state index in [-0.39, 0.29) is 0 Å². The van der Waals surface area contributed by atoms with Crippen molar-refractivity contribution in [3.8, 4) is 11.5 Å². The second-order valence-electron chi connectivity index (χ2n) is 4.08. The summed E-state index contributed by atoms with van der Waals surface area (Å²) in [5.74, 6) is 1.65. The molecule has 0 saturated heterocycles. The van der Waals surface area contributed by atoms with Crippen molar-refractivity contribution >= 4 is 0 Å². The molecule has 0 bridgehead atoms. The Bertz CT molecular complexity index is 326. The summed E-state index contributed by atoms with van der Waals surface area (Å²) in [6.07, 6.45) is 4.23. The Hall–Kier alpha value is -1.22. The standard InChI is InChI=1S/C14H23NO2/c1-3-10-17-13-8-7-12(6-4-5-9-15)11-14(13)16-2/h7-8,11H,3-6,9-10,15H2,1-2H3. The van der Waals surface area contributed by atoms with Crippen molar-refractivity contribution in [2.75, 3.05) is 20.3 Å². The largest absolute Gasteiger partial charge is 0.493 e. The van der Waals surface area contributed by atoms with Crippen LogP contribution in [0.1, 0.15) is 31.7 Å². The van der Waals surface area contributed by atoms with E-state index in [0.717, 1.165) is 50.3 Å². The van der Waals surface area contributed by atoms with Crippen molar-refractivity contribution < 1.29 is 9.47 Å². The van der Waals surface area contributed by atoms with Gasteiger partial charge in [0.05, 0.1) is 13.7 Å². The number of hydrogen-bond acceptors (Lipinski definition) is 3. The number of aryl methyl sites for hydroxylation is 1. The molecule has 0 atom stereocenters. The maximum absolute atomic E-state index is 5.61. The zero-order chi connectivity index (χ0) is 12.5. The van der Waals surface area contributed by atoms with Gasteiger partial charge < -0.3 is 15.2 Å². The first kappa shape index (κ1) is 13.8. The van der Waals surface area contributed by atoms with E-state index in [1.54, 1.807) is 7.11 Å². The zero-order valence-corrected chi connectivity index (χ0v) is 10.9. The second kappa shape index (κ2) is 7.96. The summed E-state index contributed by atoms with van der Waals surface area (Å²) in [6.45, 7) is 3.57. The Labute approximate surface area is 104 Å². The highest BCUT2D eigenvalue weighted by molar-refractivity contribution is 5.43. The van der Waals surface area contributed by atoms with Crippen LogP contribution in [0.2, 0.25) is 0 Å². The van der Waals surface area contributed by atoms with Crippen LogP contribution in [-0.4, -0.2) is 20.3 Å². The van der Waals surface area contributed by atoms with Gasteiger partial charge in [-0.05, 0) is 49.9 Å². The molecule has 0 saturated carbocycles. The molecule has 96 valence electrons. The number of rotatable bonds is 8. The van der Waals surface area contributed by atoms with Gasteiger partial charge in [0, 0.05) is 0 Å². The smallest absolute Gasteiger partial charge is 0.161 e. The van der Waals surface area contributed by atoms with Gasteiger partial charge in [0.1, 0.15) is 0 Å². The minimum Gasteiger partial charge on any atom is -0.493 e. The number of ether oxygens (including phenoxy) is 2. The van der Waals surface area contributed by atoms with Crippen LogP contribution in [0, 0.1) is 0 Å². The summed E-state index contributed by atoms with van der Waals surface area (Å²) in [4.78, 5) is 0. The first-order chi connectivity index (χ1) is 8.31. The van der Waals surface area contributed by atoms with Gasteiger partial charge in [-0.2, -0.15) is 0 Å². The Kier molecular flexibility index (Phi) is 6.48. The molecule has 0 aromatic heterocycles. The number of methoxy groups -OCH3 is 1. The topological polar surface area (TPSA) is 44.5 Å². The van der Waals surface area contributed by atoms with Crippen molar-refractivity contribution in [1.29, 1.82) is 0 Å². The quantitative estimate of drug-likeness (QED) is 0.707. The lowest BCUT2D eigenvalue weighted by Gasteiger charge is -2.11. The molecule has 3 nitrogen and oxygen atoms in total. The first-order valence-electron chi connectivity index (χ1n) is 6.31. The third-order valence-electron chi connectivity index (χ3n) is 2.61. The average molecular weight is 237 g/mol. The fraction of sp³-hybridized carbons (Fsp3) is 0.571. The summed E-state index contributed by atoms with van der Waals surface area (Å²) in [6, 6.07) is 6.15. The maximum atomic E-state index is 5.61. The highest BCUT2D eigenvalue weighted by atomic mass is 16.5. The molecule has 1 aromatic rings. The molecule has 0 aliphatic heterocycles. The molecule has 0 heterocycles. The molecule has 0 aliphatic rings. The van der Waals surface area contributed by atoms with E-state index in [1.165, 1.54) is 5.56 Å².